The summed E-state index contributed by atoms with van der Waals surface area (Å²) in [5, 5.41) is 3.97. The Balaban J connectivity index is 1.73. The van der Waals surface area contributed by atoms with Gasteiger partial charge in [-0.2, -0.15) is 0 Å². The minimum atomic E-state index is -0.483. The summed E-state index contributed by atoms with van der Waals surface area (Å²) in [4.78, 5) is 15.1. The van der Waals surface area contributed by atoms with Crippen LogP contribution in [-0.4, -0.2) is 29.8 Å². The van der Waals surface area contributed by atoms with Gasteiger partial charge in [0.1, 0.15) is 11.4 Å². The number of hydrogen-bond acceptors (Lipinski definition) is 3. The molecule has 0 saturated carbocycles. The molecule has 2 aromatic rings. The van der Waals surface area contributed by atoms with Crippen LogP contribution in [0.25, 0.3) is 10.9 Å². The van der Waals surface area contributed by atoms with Crippen molar-refractivity contribution in [2.24, 2.45) is 5.41 Å². The van der Waals surface area contributed by atoms with Crippen molar-refractivity contribution >= 4 is 17.0 Å². The average Bonchev–Trinajstić information content (AvgIpc) is 3.04. The quantitative estimate of drug-likeness (QED) is 0.377. The topological polar surface area (TPSA) is 63.3 Å². The second kappa shape index (κ2) is 11.4. The van der Waals surface area contributed by atoms with Gasteiger partial charge in [-0.15, -0.1) is 0 Å². The maximum atomic E-state index is 11.8. The van der Waals surface area contributed by atoms with Crippen molar-refractivity contribution in [2.45, 2.75) is 92.1 Å². The largest absolute Gasteiger partial charge is 0.494 e. The third-order valence-electron chi connectivity index (χ3n) is 5.14. The Morgan fingerprint density at radius 1 is 1.00 bits per heavy atom. The van der Waals surface area contributed by atoms with Gasteiger partial charge >= 0.3 is 6.09 Å². The molecular formula is C26H42N2O3. The number of amides is 1. The number of H-pyrrole nitrogens is 1. The molecule has 0 radical (unpaired) electrons. The average molecular weight is 431 g/mol. The van der Waals surface area contributed by atoms with Crippen LogP contribution < -0.4 is 10.1 Å². The first kappa shape index (κ1) is 25.1. The minimum absolute atomic E-state index is 0.380. The summed E-state index contributed by atoms with van der Waals surface area (Å²) in [7, 11) is 0. The highest BCUT2D eigenvalue weighted by atomic mass is 16.6. The van der Waals surface area contributed by atoms with Gasteiger partial charge in [0.2, 0.25) is 0 Å². The van der Waals surface area contributed by atoms with Crippen LogP contribution in [0.5, 0.6) is 5.75 Å². The standard InChI is InChI=1S/C26H42N2O3/c1-25(2,3)15-10-8-7-9-11-17-30-21-12-13-23-22(18-21)20(19-28-23)14-16-27-24(29)31-26(4,5)6/h12-13,18-19,28H,7-11,14-17H2,1-6H3,(H,27,29). The number of benzene rings is 1. The van der Waals surface area contributed by atoms with Gasteiger partial charge in [0.05, 0.1) is 6.61 Å². The van der Waals surface area contributed by atoms with Gasteiger partial charge in [0.25, 0.3) is 0 Å². The fraction of sp³-hybridized carbons (Fsp3) is 0.654. The summed E-state index contributed by atoms with van der Waals surface area (Å²) >= 11 is 0. The van der Waals surface area contributed by atoms with Crippen molar-refractivity contribution < 1.29 is 14.3 Å². The van der Waals surface area contributed by atoms with Crippen LogP contribution in [0.1, 0.15) is 85.6 Å². The third kappa shape index (κ3) is 10.1. The van der Waals surface area contributed by atoms with E-state index in [0.29, 0.717) is 12.0 Å². The van der Waals surface area contributed by atoms with Gasteiger partial charge in [-0.25, -0.2) is 4.79 Å². The molecule has 0 spiro atoms. The van der Waals surface area contributed by atoms with E-state index in [1.54, 1.807) is 0 Å². The van der Waals surface area contributed by atoms with E-state index in [0.717, 1.165) is 41.7 Å². The summed E-state index contributed by atoms with van der Waals surface area (Å²) < 4.78 is 11.3. The number of aromatic nitrogens is 1. The second-order valence-corrected chi connectivity index (χ2v) is 10.6. The monoisotopic (exact) mass is 430 g/mol. The van der Waals surface area contributed by atoms with Crippen molar-refractivity contribution in [2.75, 3.05) is 13.2 Å². The molecule has 1 heterocycles. The number of carbonyl (C=O) groups is 1. The molecule has 31 heavy (non-hydrogen) atoms. The molecule has 0 bridgehead atoms. The van der Waals surface area contributed by atoms with Crippen molar-refractivity contribution in [1.29, 1.82) is 0 Å². The van der Waals surface area contributed by atoms with Gasteiger partial charge in [-0.1, -0.05) is 46.5 Å². The maximum Gasteiger partial charge on any atom is 0.407 e. The Labute approximate surface area is 188 Å². The van der Waals surface area contributed by atoms with Gasteiger partial charge in [-0.3, -0.25) is 0 Å². The predicted octanol–water partition coefficient (Wildman–Crippen LogP) is 7.00. The van der Waals surface area contributed by atoms with Crippen molar-refractivity contribution in [3.63, 3.8) is 0 Å². The molecule has 0 atom stereocenters. The maximum absolute atomic E-state index is 11.8. The number of carbonyl (C=O) groups excluding carboxylic acids is 1. The van der Waals surface area contributed by atoms with Crippen LogP contribution in [-0.2, 0) is 11.2 Å². The van der Waals surface area contributed by atoms with E-state index in [9.17, 15) is 4.79 Å². The summed E-state index contributed by atoms with van der Waals surface area (Å²) in [6.07, 6.45) is 9.88. The molecule has 5 nitrogen and oxygen atoms in total. The molecule has 2 N–H and O–H groups in total. The van der Waals surface area contributed by atoms with Crippen molar-refractivity contribution in [3.05, 3.63) is 30.0 Å². The molecule has 1 aromatic heterocycles. The van der Waals surface area contributed by atoms with E-state index in [2.05, 4.69) is 43.2 Å². The fourth-order valence-corrected chi connectivity index (χ4v) is 3.55. The van der Waals surface area contributed by atoms with Crippen LogP contribution in [0.2, 0.25) is 0 Å². The summed E-state index contributed by atoms with van der Waals surface area (Å²) in [5.74, 6) is 0.904. The predicted molar refractivity (Wildman–Crippen MR) is 129 cm³/mol. The number of ether oxygens (including phenoxy) is 2. The SMILES string of the molecule is CC(C)(C)CCCCCCCOc1ccc2[nH]cc(CCNC(=O)OC(C)(C)C)c2c1. The van der Waals surface area contributed by atoms with Gasteiger partial charge in [0, 0.05) is 23.6 Å². The molecular weight excluding hydrogens is 388 g/mol. The lowest BCUT2D eigenvalue weighted by Crippen LogP contribution is -2.33. The van der Waals surface area contributed by atoms with Gasteiger partial charge in [0.15, 0.2) is 0 Å². The zero-order valence-corrected chi connectivity index (χ0v) is 20.4. The van der Waals surface area contributed by atoms with Gasteiger partial charge < -0.3 is 19.8 Å². The van der Waals surface area contributed by atoms with Crippen LogP contribution in [0, 0.1) is 5.41 Å². The number of hydrogen-bond donors (Lipinski definition) is 2. The lowest BCUT2D eigenvalue weighted by molar-refractivity contribution is 0.0528. The molecule has 5 heteroatoms. The number of aromatic amines is 1. The van der Waals surface area contributed by atoms with E-state index < -0.39 is 5.60 Å². The first-order valence-corrected chi connectivity index (χ1v) is 11.7. The first-order valence-electron chi connectivity index (χ1n) is 11.7. The first-order chi connectivity index (χ1) is 14.5. The minimum Gasteiger partial charge on any atom is -0.494 e. The van der Waals surface area contributed by atoms with E-state index in [1.165, 1.54) is 32.1 Å². The normalized spacial score (nSPS) is 12.2. The molecule has 0 aliphatic heterocycles. The van der Waals surface area contributed by atoms with E-state index in [4.69, 9.17) is 9.47 Å². The number of fused-ring (bicyclic) bond motifs is 1. The zero-order chi connectivity index (χ0) is 22.9. The molecule has 2 rings (SSSR count). The van der Waals surface area contributed by atoms with Crippen LogP contribution >= 0.6 is 0 Å². The number of nitrogens with one attached hydrogen (secondary N) is 2. The molecule has 1 amide bonds. The summed E-state index contributed by atoms with van der Waals surface area (Å²) in [6.45, 7) is 13.8. The molecule has 1 aromatic carbocycles. The third-order valence-corrected chi connectivity index (χ3v) is 5.14. The number of unbranched alkanes of at least 4 members (excludes halogenated alkanes) is 4. The van der Waals surface area contributed by atoms with Crippen LogP contribution in [0.15, 0.2) is 24.4 Å². The highest BCUT2D eigenvalue weighted by Gasteiger charge is 2.15. The Hall–Kier alpha value is -2.17. The molecule has 0 unspecified atom stereocenters. The number of rotatable bonds is 11. The van der Waals surface area contributed by atoms with E-state index in [-0.39, 0.29) is 6.09 Å². The van der Waals surface area contributed by atoms with E-state index >= 15 is 0 Å². The molecule has 174 valence electrons. The number of alkyl carbamates (subject to hydrolysis) is 1. The Morgan fingerprint density at radius 2 is 1.71 bits per heavy atom. The Morgan fingerprint density at radius 3 is 2.42 bits per heavy atom. The Kier molecular flexibility index (Phi) is 9.27. The fourth-order valence-electron chi connectivity index (χ4n) is 3.55. The lowest BCUT2D eigenvalue weighted by Gasteiger charge is -2.19. The highest BCUT2D eigenvalue weighted by Crippen LogP contribution is 2.25. The smallest absolute Gasteiger partial charge is 0.407 e. The lowest BCUT2D eigenvalue weighted by atomic mass is 9.89. The van der Waals surface area contributed by atoms with Crippen molar-refractivity contribution in [3.8, 4) is 5.75 Å². The molecule has 0 saturated heterocycles. The Bertz CT molecular complexity index is 812. The summed E-state index contributed by atoms with van der Waals surface area (Å²) in [5.41, 5.74) is 2.21. The second-order valence-electron chi connectivity index (χ2n) is 10.6. The molecule has 0 aliphatic carbocycles. The zero-order valence-electron chi connectivity index (χ0n) is 20.4. The van der Waals surface area contributed by atoms with Crippen LogP contribution in [0.4, 0.5) is 4.79 Å². The van der Waals surface area contributed by atoms with Crippen LogP contribution in [0.3, 0.4) is 0 Å². The molecule has 0 fully saturated rings. The molecule has 0 aliphatic rings. The highest BCUT2D eigenvalue weighted by molar-refractivity contribution is 5.84. The van der Waals surface area contributed by atoms with Crippen molar-refractivity contribution in [1.82, 2.24) is 10.3 Å². The van der Waals surface area contributed by atoms with E-state index in [1.807, 2.05) is 33.0 Å². The van der Waals surface area contributed by atoms with Gasteiger partial charge in [-0.05, 0) is 69.2 Å². The summed E-state index contributed by atoms with van der Waals surface area (Å²) in [6, 6.07) is 6.17.